The summed E-state index contributed by atoms with van der Waals surface area (Å²) in [5.41, 5.74) is 10.1. The molecule has 0 saturated heterocycles. The van der Waals surface area contributed by atoms with Crippen molar-refractivity contribution in [1.82, 2.24) is 4.98 Å². The van der Waals surface area contributed by atoms with Crippen LogP contribution in [0.25, 0.3) is 0 Å². The van der Waals surface area contributed by atoms with Crippen LogP contribution >= 0.6 is 15.9 Å². The Morgan fingerprint density at radius 2 is 2.10 bits per heavy atom. The normalized spacial score (nSPS) is 14.6. The van der Waals surface area contributed by atoms with Gasteiger partial charge in [-0.25, -0.2) is 0 Å². The summed E-state index contributed by atoms with van der Waals surface area (Å²) >= 11 is 3.58. The van der Waals surface area contributed by atoms with Crippen molar-refractivity contribution < 1.29 is 4.74 Å². The second kappa shape index (κ2) is 6.58. The summed E-state index contributed by atoms with van der Waals surface area (Å²) in [5, 5.41) is 0. The van der Waals surface area contributed by atoms with Crippen molar-refractivity contribution in [2.24, 2.45) is 5.73 Å². The van der Waals surface area contributed by atoms with E-state index in [9.17, 15) is 0 Å². The van der Waals surface area contributed by atoms with Gasteiger partial charge >= 0.3 is 0 Å². The van der Waals surface area contributed by atoms with E-state index in [0.717, 1.165) is 42.5 Å². The van der Waals surface area contributed by atoms with E-state index in [1.54, 1.807) is 0 Å². The fourth-order valence-electron chi connectivity index (χ4n) is 2.78. The number of aryl methyl sites for hydroxylation is 1. The van der Waals surface area contributed by atoms with E-state index in [2.05, 4.69) is 33.0 Å². The summed E-state index contributed by atoms with van der Waals surface area (Å²) in [7, 11) is 0. The van der Waals surface area contributed by atoms with Crippen molar-refractivity contribution in [3.63, 3.8) is 0 Å². The number of rotatable bonds is 5. The molecule has 1 aliphatic rings. The summed E-state index contributed by atoms with van der Waals surface area (Å²) in [6.07, 6.45) is 7.46. The first-order valence-corrected chi connectivity index (χ1v) is 8.10. The number of pyridine rings is 1. The van der Waals surface area contributed by atoms with Crippen molar-refractivity contribution in [2.75, 3.05) is 6.61 Å². The first kappa shape index (κ1) is 14.5. The van der Waals surface area contributed by atoms with Crippen LogP contribution in [0.15, 0.2) is 41.1 Å². The number of hydrogen-bond acceptors (Lipinski definition) is 3. The number of halogens is 1. The van der Waals surface area contributed by atoms with Crippen molar-refractivity contribution in [3.05, 3.63) is 57.8 Å². The largest absolute Gasteiger partial charge is 0.493 e. The summed E-state index contributed by atoms with van der Waals surface area (Å²) < 4.78 is 6.88. The molecule has 2 aromatic rings. The Morgan fingerprint density at radius 1 is 1.29 bits per heavy atom. The number of ether oxygens (including phenoxy) is 1. The molecule has 0 bridgehead atoms. The highest BCUT2D eigenvalue weighted by atomic mass is 79.9. The molecule has 4 heteroatoms. The molecule has 0 fully saturated rings. The molecule has 1 aromatic carbocycles. The quantitative estimate of drug-likeness (QED) is 0.903. The van der Waals surface area contributed by atoms with Crippen LogP contribution < -0.4 is 10.5 Å². The van der Waals surface area contributed by atoms with Crippen LogP contribution in [0.3, 0.4) is 0 Å². The standard InChI is InChI=1S/C17H19BrN2O/c18-15-9-13-5-8-21-17(13)14(10-15)11-16(19)2-1-12-3-6-20-7-4-12/h3-4,6-7,9-10,16H,1-2,5,8,11,19H2. The summed E-state index contributed by atoms with van der Waals surface area (Å²) in [6, 6.07) is 8.52. The Bertz CT molecular complexity index is 616. The Labute approximate surface area is 133 Å². The van der Waals surface area contributed by atoms with Gasteiger partial charge in [0.05, 0.1) is 6.61 Å². The molecular formula is C17H19BrN2O. The van der Waals surface area contributed by atoms with Gasteiger partial charge in [0.1, 0.15) is 5.75 Å². The average molecular weight is 347 g/mol. The highest BCUT2D eigenvalue weighted by molar-refractivity contribution is 9.10. The van der Waals surface area contributed by atoms with Gasteiger partial charge in [0, 0.05) is 29.3 Å². The van der Waals surface area contributed by atoms with E-state index in [1.807, 2.05) is 24.5 Å². The maximum absolute atomic E-state index is 6.31. The third-order valence-corrected chi connectivity index (χ3v) is 4.32. The second-order valence-electron chi connectivity index (χ2n) is 5.51. The van der Waals surface area contributed by atoms with Crippen LogP contribution in [-0.4, -0.2) is 17.6 Å². The lowest BCUT2D eigenvalue weighted by molar-refractivity contribution is 0.352. The molecule has 1 aliphatic heterocycles. The predicted molar refractivity (Wildman–Crippen MR) is 87.6 cm³/mol. The van der Waals surface area contributed by atoms with E-state index >= 15 is 0 Å². The van der Waals surface area contributed by atoms with Gasteiger partial charge < -0.3 is 10.5 Å². The van der Waals surface area contributed by atoms with Crippen molar-refractivity contribution in [2.45, 2.75) is 31.7 Å². The lowest BCUT2D eigenvalue weighted by Gasteiger charge is -2.14. The third-order valence-electron chi connectivity index (χ3n) is 3.86. The molecule has 1 atom stereocenters. The van der Waals surface area contributed by atoms with E-state index in [1.165, 1.54) is 16.7 Å². The average Bonchev–Trinajstić information content (AvgIpc) is 2.94. The minimum absolute atomic E-state index is 0.140. The molecule has 1 aromatic heterocycles. The zero-order chi connectivity index (χ0) is 14.7. The van der Waals surface area contributed by atoms with Gasteiger partial charge in [-0.15, -0.1) is 0 Å². The maximum Gasteiger partial charge on any atom is 0.125 e. The van der Waals surface area contributed by atoms with Gasteiger partial charge in [0.2, 0.25) is 0 Å². The molecule has 0 aliphatic carbocycles. The van der Waals surface area contributed by atoms with Crippen molar-refractivity contribution in [1.29, 1.82) is 0 Å². The molecule has 21 heavy (non-hydrogen) atoms. The highest BCUT2D eigenvalue weighted by Gasteiger charge is 2.18. The number of nitrogens with two attached hydrogens (primary N) is 1. The molecule has 3 nitrogen and oxygen atoms in total. The zero-order valence-electron chi connectivity index (χ0n) is 11.9. The van der Waals surface area contributed by atoms with E-state index in [-0.39, 0.29) is 6.04 Å². The first-order valence-electron chi connectivity index (χ1n) is 7.31. The fraction of sp³-hybridized carbons (Fsp3) is 0.353. The van der Waals surface area contributed by atoms with Crippen LogP contribution in [0, 0.1) is 0 Å². The second-order valence-corrected chi connectivity index (χ2v) is 6.43. The number of aromatic nitrogens is 1. The number of nitrogens with zero attached hydrogens (tertiary/aromatic N) is 1. The molecule has 110 valence electrons. The molecule has 0 spiro atoms. The molecule has 2 N–H and O–H groups in total. The predicted octanol–water partition coefficient (Wildman–Crippen LogP) is 3.28. The van der Waals surface area contributed by atoms with E-state index in [4.69, 9.17) is 10.5 Å². The van der Waals surface area contributed by atoms with Crippen LogP contribution in [-0.2, 0) is 19.3 Å². The summed E-state index contributed by atoms with van der Waals surface area (Å²) in [5.74, 6) is 1.05. The lowest BCUT2D eigenvalue weighted by atomic mass is 9.98. The van der Waals surface area contributed by atoms with E-state index in [0.29, 0.717) is 0 Å². The minimum Gasteiger partial charge on any atom is -0.493 e. The maximum atomic E-state index is 6.31. The Hall–Kier alpha value is -1.39. The third kappa shape index (κ3) is 3.63. The minimum atomic E-state index is 0.140. The zero-order valence-corrected chi connectivity index (χ0v) is 13.5. The van der Waals surface area contributed by atoms with Gasteiger partial charge in [0.25, 0.3) is 0 Å². The molecule has 0 amide bonds. The van der Waals surface area contributed by atoms with Crippen LogP contribution in [0.1, 0.15) is 23.1 Å². The fourth-order valence-corrected chi connectivity index (χ4v) is 3.34. The number of hydrogen-bond donors (Lipinski definition) is 1. The SMILES string of the molecule is NC(CCc1ccncc1)Cc1cc(Br)cc2c1OCC2. The molecule has 0 saturated carbocycles. The lowest BCUT2D eigenvalue weighted by Crippen LogP contribution is -2.23. The van der Waals surface area contributed by atoms with Crippen LogP contribution in [0.2, 0.25) is 0 Å². The van der Waals surface area contributed by atoms with Crippen molar-refractivity contribution in [3.8, 4) is 5.75 Å². The van der Waals surface area contributed by atoms with Gasteiger partial charge in [-0.05, 0) is 60.2 Å². The Kier molecular flexibility index (Phi) is 4.56. The molecule has 3 rings (SSSR count). The van der Waals surface area contributed by atoms with Crippen molar-refractivity contribution >= 4 is 15.9 Å². The number of fused-ring (bicyclic) bond motifs is 1. The smallest absolute Gasteiger partial charge is 0.125 e. The molecule has 1 unspecified atom stereocenters. The Balaban J connectivity index is 1.64. The van der Waals surface area contributed by atoms with Gasteiger partial charge in [0.15, 0.2) is 0 Å². The first-order chi connectivity index (χ1) is 10.2. The molecule has 0 radical (unpaired) electrons. The van der Waals surface area contributed by atoms with Crippen LogP contribution in [0.4, 0.5) is 0 Å². The summed E-state index contributed by atoms with van der Waals surface area (Å²) in [4.78, 5) is 4.04. The highest BCUT2D eigenvalue weighted by Crippen LogP contribution is 2.33. The molecular weight excluding hydrogens is 328 g/mol. The van der Waals surface area contributed by atoms with Gasteiger partial charge in [-0.1, -0.05) is 15.9 Å². The molecule has 2 heterocycles. The van der Waals surface area contributed by atoms with Crippen LogP contribution in [0.5, 0.6) is 5.75 Å². The monoisotopic (exact) mass is 346 g/mol. The topological polar surface area (TPSA) is 48.1 Å². The Morgan fingerprint density at radius 3 is 2.90 bits per heavy atom. The summed E-state index contributed by atoms with van der Waals surface area (Å²) in [6.45, 7) is 0.783. The van der Waals surface area contributed by atoms with Gasteiger partial charge in [-0.2, -0.15) is 0 Å². The van der Waals surface area contributed by atoms with Gasteiger partial charge in [-0.3, -0.25) is 4.98 Å². The van der Waals surface area contributed by atoms with E-state index < -0.39 is 0 Å². The number of benzene rings is 1.